The van der Waals surface area contributed by atoms with Crippen LogP contribution in [-0.4, -0.2) is 42.2 Å². The summed E-state index contributed by atoms with van der Waals surface area (Å²) in [5.41, 5.74) is -0.0542. The van der Waals surface area contributed by atoms with Crippen molar-refractivity contribution in [1.82, 2.24) is 4.90 Å². The van der Waals surface area contributed by atoms with Gasteiger partial charge in [-0.1, -0.05) is 6.92 Å². The smallest absolute Gasteiger partial charge is 0.238 e. The second-order valence-electron chi connectivity index (χ2n) is 3.76. The largest absolute Gasteiger partial charge is 0.395 e. The molecule has 6 heteroatoms. The number of amides is 1. The third-order valence-electron chi connectivity index (χ3n) is 2.44. The molecule has 0 unspecified atom stereocenters. The lowest BCUT2D eigenvalue weighted by atomic mass is 10.3. The minimum absolute atomic E-state index is 0.0495. The van der Waals surface area contributed by atoms with Crippen LogP contribution in [0.2, 0.25) is 0 Å². The van der Waals surface area contributed by atoms with Crippen LogP contribution < -0.4 is 5.32 Å². The first kappa shape index (κ1) is 14.5. The van der Waals surface area contributed by atoms with Crippen molar-refractivity contribution in [3.05, 3.63) is 29.8 Å². The molecule has 1 aromatic carbocycles. The number of aliphatic hydroxyl groups excluding tert-OH is 1. The van der Waals surface area contributed by atoms with Crippen LogP contribution in [0.1, 0.15) is 6.92 Å². The molecule has 0 bridgehead atoms. The van der Waals surface area contributed by atoms with Gasteiger partial charge in [-0.25, -0.2) is 8.78 Å². The molecule has 1 amide bonds. The van der Waals surface area contributed by atoms with Crippen molar-refractivity contribution < 1.29 is 18.7 Å². The lowest BCUT2D eigenvalue weighted by Gasteiger charge is -2.18. The van der Waals surface area contributed by atoms with Crippen LogP contribution >= 0.6 is 0 Å². The van der Waals surface area contributed by atoms with Gasteiger partial charge in [-0.05, 0) is 18.7 Å². The number of rotatable bonds is 6. The summed E-state index contributed by atoms with van der Waals surface area (Å²) >= 11 is 0. The number of nitrogens with one attached hydrogen (secondary N) is 1. The van der Waals surface area contributed by atoms with Gasteiger partial charge in [-0.2, -0.15) is 0 Å². The fraction of sp³-hybridized carbons (Fsp3) is 0.417. The Morgan fingerprint density at radius 1 is 1.44 bits per heavy atom. The predicted octanol–water partition coefficient (Wildman–Crippen LogP) is 1.22. The fourth-order valence-electron chi connectivity index (χ4n) is 1.47. The number of hydrogen-bond acceptors (Lipinski definition) is 3. The molecule has 0 spiro atoms. The number of nitrogens with zero attached hydrogens (tertiary/aromatic N) is 1. The molecule has 0 heterocycles. The van der Waals surface area contributed by atoms with Crippen LogP contribution in [0.25, 0.3) is 0 Å². The molecule has 0 saturated carbocycles. The molecule has 0 aliphatic rings. The molecule has 0 saturated heterocycles. The van der Waals surface area contributed by atoms with Crippen LogP contribution in [0, 0.1) is 11.6 Å². The van der Waals surface area contributed by atoms with E-state index in [9.17, 15) is 13.6 Å². The highest BCUT2D eigenvalue weighted by Gasteiger charge is 2.11. The number of halogens is 2. The van der Waals surface area contributed by atoms with E-state index in [1.165, 1.54) is 6.07 Å². The first-order valence-corrected chi connectivity index (χ1v) is 5.65. The normalized spacial score (nSPS) is 10.7. The molecule has 1 aromatic rings. The van der Waals surface area contributed by atoms with Gasteiger partial charge in [0.15, 0.2) is 0 Å². The van der Waals surface area contributed by atoms with E-state index in [0.717, 1.165) is 6.07 Å². The molecule has 0 atom stereocenters. The van der Waals surface area contributed by atoms with E-state index >= 15 is 0 Å². The van der Waals surface area contributed by atoms with Crippen molar-refractivity contribution in [3.8, 4) is 0 Å². The van der Waals surface area contributed by atoms with E-state index in [4.69, 9.17) is 5.11 Å². The maximum Gasteiger partial charge on any atom is 0.238 e. The lowest BCUT2D eigenvalue weighted by Crippen LogP contribution is -2.35. The average molecular weight is 258 g/mol. The van der Waals surface area contributed by atoms with Crippen LogP contribution in [0.5, 0.6) is 0 Å². The topological polar surface area (TPSA) is 52.6 Å². The van der Waals surface area contributed by atoms with Crippen molar-refractivity contribution >= 4 is 11.6 Å². The van der Waals surface area contributed by atoms with E-state index in [1.807, 2.05) is 6.92 Å². The molecular weight excluding hydrogens is 242 g/mol. The van der Waals surface area contributed by atoms with Gasteiger partial charge in [0.1, 0.15) is 11.6 Å². The van der Waals surface area contributed by atoms with Crippen LogP contribution in [0.3, 0.4) is 0 Å². The van der Waals surface area contributed by atoms with E-state index in [0.29, 0.717) is 19.2 Å². The Kier molecular flexibility index (Phi) is 5.67. The summed E-state index contributed by atoms with van der Waals surface area (Å²) in [6, 6.07) is 2.95. The molecule has 100 valence electrons. The summed E-state index contributed by atoms with van der Waals surface area (Å²) in [7, 11) is 0. The van der Waals surface area contributed by atoms with Gasteiger partial charge in [-0.15, -0.1) is 0 Å². The van der Waals surface area contributed by atoms with Crippen molar-refractivity contribution in [2.24, 2.45) is 0 Å². The molecule has 2 N–H and O–H groups in total. The summed E-state index contributed by atoms with van der Waals surface area (Å²) in [4.78, 5) is 13.3. The van der Waals surface area contributed by atoms with Crippen LogP contribution in [0.4, 0.5) is 14.5 Å². The Morgan fingerprint density at radius 3 is 2.72 bits per heavy atom. The first-order valence-electron chi connectivity index (χ1n) is 5.65. The van der Waals surface area contributed by atoms with E-state index in [1.54, 1.807) is 4.90 Å². The van der Waals surface area contributed by atoms with E-state index < -0.39 is 17.5 Å². The van der Waals surface area contributed by atoms with Crippen LogP contribution in [0.15, 0.2) is 18.2 Å². The zero-order valence-electron chi connectivity index (χ0n) is 10.1. The third-order valence-corrected chi connectivity index (χ3v) is 2.44. The van der Waals surface area contributed by atoms with Crippen molar-refractivity contribution in [2.45, 2.75) is 6.92 Å². The summed E-state index contributed by atoms with van der Waals surface area (Å²) in [5.74, 6) is -1.91. The highest BCUT2D eigenvalue weighted by atomic mass is 19.1. The van der Waals surface area contributed by atoms with Gasteiger partial charge < -0.3 is 10.4 Å². The lowest BCUT2D eigenvalue weighted by molar-refractivity contribution is -0.117. The zero-order chi connectivity index (χ0) is 13.5. The summed E-state index contributed by atoms with van der Waals surface area (Å²) < 4.78 is 25.9. The molecule has 0 aliphatic carbocycles. The SMILES string of the molecule is CCN(CCO)CC(=O)Nc1ccc(F)cc1F. The maximum absolute atomic E-state index is 13.3. The predicted molar refractivity (Wildman–Crippen MR) is 64.2 cm³/mol. The Bertz CT molecular complexity index is 413. The molecule has 0 aromatic heterocycles. The van der Waals surface area contributed by atoms with Gasteiger partial charge in [0.05, 0.1) is 18.8 Å². The first-order chi connectivity index (χ1) is 8.56. The van der Waals surface area contributed by atoms with Gasteiger partial charge in [0.2, 0.25) is 5.91 Å². The molecule has 4 nitrogen and oxygen atoms in total. The van der Waals surface area contributed by atoms with E-state index in [2.05, 4.69) is 5.32 Å². The third kappa shape index (κ3) is 4.38. The zero-order valence-corrected chi connectivity index (χ0v) is 10.1. The number of aliphatic hydroxyl groups is 1. The van der Waals surface area contributed by atoms with Gasteiger partial charge >= 0.3 is 0 Å². The standard InChI is InChI=1S/C12H16F2N2O2/c1-2-16(5-6-17)8-12(18)15-11-4-3-9(13)7-10(11)14/h3-4,7,17H,2,5-6,8H2,1H3,(H,15,18). The Labute approximate surface area is 104 Å². The monoisotopic (exact) mass is 258 g/mol. The minimum atomic E-state index is -0.812. The Hall–Kier alpha value is -1.53. The van der Waals surface area contributed by atoms with E-state index in [-0.39, 0.29) is 18.8 Å². The minimum Gasteiger partial charge on any atom is -0.395 e. The highest BCUT2D eigenvalue weighted by molar-refractivity contribution is 5.92. The van der Waals surface area contributed by atoms with Crippen molar-refractivity contribution in [1.29, 1.82) is 0 Å². The number of likely N-dealkylation sites (N-methyl/N-ethyl adjacent to an activating group) is 1. The number of carbonyl (C=O) groups excluding carboxylic acids is 1. The highest BCUT2D eigenvalue weighted by Crippen LogP contribution is 2.14. The second kappa shape index (κ2) is 7.03. The quantitative estimate of drug-likeness (QED) is 0.806. The molecule has 0 radical (unpaired) electrons. The second-order valence-corrected chi connectivity index (χ2v) is 3.76. The van der Waals surface area contributed by atoms with Crippen molar-refractivity contribution in [3.63, 3.8) is 0 Å². The molecule has 0 fully saturated rings. The van der Waals surface area contributed by atoms with Crippen molar-refractivity contribution in [2.75, 3.05) is 31.6 Å². The summed E-state index contributed by atoms with van der Waals surface area (Å²) in [5, 5.41) is 11.1. The maximum atomic E-state index is 13.3. The molecule has 1 rings (SSSR count). The number of benzene rings is 1. The van der Waals surface area contributed by atoms with Gasteiger partial charge in [-0.3, -0.25) is 9.69 Å². The van der Waals surface area contributed by atoms with Gasteiger partial charge in [0.25, 0.3) is 0 Å². The van der Waals surface area contributed by atoms with Gasteiger partial charge in [0, 0.05) is 12.6 Å². The number of hydrogen-bond donors (Lipinski definition) is 2. The summed E-state index contributed by atoms with van der Waals surface area (Å²) in [6.07, 6.45) is 0. The van der Waals surface area contributed by atoms with Crippen LogP contribution in [-0.2, 0) is 4.79 Å². The summed E-state index contributed by atoms with van der Waals surface area (Å²) in [6.45, 7) is 2.82. The Balaban J connectivity index is 2.58. The number of anilines is 1. The Morgan fingerprint density at radius 2 is 2.17 bits per heavy atom. The molecule has 0 aliphatic heterocycles. The number of carbonyl (C=O) groups is 1. The fourth-order valence-corrected chi connectivity index (χ4v) is 1.47. The molecule has 18 heavy (non-hydrogen) atoms. The molecular formula is C12H16F2N2O2. The average Bonchev–Trinajstić information content (AvgIpc) is 2.32.